The number of hydrogen-bond acceptors (Lipinski definition) is 3. The van der Waals surface area contributed by atoms with Crippen molar-refractivity contribution in [1.29, 1.82) is 5.41 Å². The first-order chi connectivity index (χ1) is 7.04. The summed E-state index contributed by atoms with van der Waals surface area (Å²) in [5.41, 5.74) is 7.20. The highest BCUT2D eigenvalue weighted by Gasteiger charge is 2.06. The number of nitrogen functional groups attached to an aromatic ring is 1. The number of benzene rings is 1. The number of nitrogens with one attached hydrogen (secondary N) is 1. The van der Waals surface area contributed by atoms with E-state index in [1.165, 1.54) is 0 Å². The van der Waals surface area contributed by atoms with Gasteiger partial charge in [-0.1, -0.05) is 0 Å². The van der Waals surface area contributed by atoms with Crippen molar-refractivity contribution in [3.8, 4) is 5.75 Å². The SMILES string of the molecule is COc1ccc(C(=N)N)cc1CN(C)C. The second-order valence-corrected chi connectivity index (χ2v) is 3.68. The Balaban J connectivity index is 3.07. The topological polar surface area (TPSA) is 62.3 Å². The lowest BCUT2D eigenvalue weighted by Gasteiger charge is -2.14. The van der Waals surface area contributed by atoms with E-state index in [0.29, 0.717) is 0 Å². The third-order valence-electron chi connectivity index (χ3n) is 2.08. The smallest absolute Gasteiger partial charge is 0.123 e. The number of methoxy groups -OCH3 is 1. The van der Waals surface area contributed by atoms with Crippen molar-refractivity contribution in [2.24, 2.45) is 5.73 Å². The van der Waals surface area contributed by atoms with E-state index in [0.717, 1.165) is 23.4 Å². The molecule has 1 aromatic carbocycles. The molecule has 0 radical (unpaired) electrons. The summed E-state index contributed by atoms with van der Waals surface area (Å²) in [7, 11) is 5.61. The van der Waals surface area contributed by atoms with E-state index in [2.05, 4.69) is 0 Å². The van der Waals surface area contributed by atoms with Crippen molar-refractivity contribution in [1.82, 2.24) is 4.90 Å². The second kappa shape index (κ2) is 4.79. The molecule has 0 fully saturated rings. The van der Waals surface area contributed by atoms with Crippen LogP contribution in [0.4, 0.5) is 0 Å². The van der Waals surface area contributed by atoms with Gasteiger partial charge >= 0.3 is 0 Å². The summed E-state index contributed by atoms with van der Waals surface area (Å²) in [5.74, 6) is 0.909. The van der Waals surface area contributed by atoms with E-state index in [4.69, 9.17) is 15.9 Å². The summed E-state index contributed by atoms with van der Waals surface area (Å²) in [5, 5.41) is 7.37. The summed E-state index contributed by atoms with van der Waals surface area (Å²) in [6.45, 7) is 0.768. The maximum Gasteiger partial charge on any atom is 0.123 e. The largest absolute Gasteiger partial charge is 0.496 e. The zero-order chi connectivity index (χ0) is 11.4. The van der Waals surface area contributed by atoms with Crippen LogP contribution in [-0.4, -0.2) is 31.9 Å². The Bertz CT molecular complexity index is 361. The lowest BCUT2D eigenvalue weighted by Crippen LogP contribution is -2.15. The average Bonchev–Trinajstić information content (AvgIpc) is 2.16. The quantitative estimate of drug-likeness (QED) is 0.573. The van der Waals surface area contributed by atoms with Crippen LogP contribution in [0.2, 0.25) is 0 Å². The molecule has 0 aliphatic heterocycles. The fourth-order valence-electron chi connectivity index (χ4n) is 1.41. The Morgan fingerprint density at radius 2 is 2.13 bits per heavy atom. The minimum absolute atomic E-state index is 0.0812. The van der Waals surface area contributed by atoms with Crippen LogP contribution in [0.3, 0.4) is 0 Å². The summed E-state index contributed by atoms with van der Waals surface area (Å²) in [6.07, 6.45) is 0. The lowest BCUT2D eigenvalue weighted by molar-refractivity contribution is 0.372. The molecule has 15 heavy (non-hydrogen) atoms. The van der Waals surface area contributed by atoms with Crippen LogP contribution in [0.25, 0.3) is 0 Å². The van der Waals surface area contributed by atoms with Crippen molar-refractivity contribution in [2.45, 2.75) is 6.54 Å². The van der Waals surface area contributed by atoms with E-state index in [1.54, 1.807) is 13.2 Å². The highest BCUT2D eigenvalue weighted by atomic mass is 16.5. The predicted octanol–water partition coefficient (Wildman–Crippen LogP) is 1.04. The van der Waals surface area contributed by atoms with Crippen molar-refractivity contribution < 1.29 is 4.74 Å². The molecule has 0 amide bonds. The maximum absolute atomic E-state index is 7.37. The summed E-state index contributed by atoms with van der Waals surface area (Å²) >= 11 is 0. The molecule has 0 aromatic heterocycles. The van der Waals surface area contributed by atoms with Gasteiger partial charge in [0.15, 0.2) is 0 Å². The first-order valence-electron chi connectivity index (χ1n) is 4.70. The Labute approximate surface area is 90.2 Å². The highest BCUT2D eigenvalue weighted by molar-refractivity contribution is 5.95. The van der Waals surface area contributed by atoms with Gasteiger partial charge in [-0.2, -0.15) is 0 Å². The first kappa shape index (κ1) is 11.5. The minimum atomic E-state index is 0.0812. The molecule has 4 nitrogen and oxygen atoms in total. The molecule has 0 heterocycles. The molecule has 0 saturated carbocycles. The summed E-state index contributed by atoms with van der Waals surface area (Å²) in [4.78, 5) is 2.04. The molecule has 0 unspecified atom stereocenters. The van der Waals surface area contributed by atoms with E-state index in [1.807, 2.05) is 31.1 Å². The van der Waals surface area contributed by atoms with Crippen LogP contribution < -0.4 is 10.5 Å². The van der Waals surface area contributed by atoms with Crippen LogP contribution in [0.5, 0.6) is 5.75 Å². The van der Waals surface area contributed by atoms with Gasteiger partial charge in [-0.25, -0.2) is 0 Å². The Morgan fingerprint density at radius 3 is 2.60 bits per heavy atom. The zero-order valence-corrected chi connectivity index (χ0v) is 9.37. The lowest BCUT2D eigenvalue weighted by atomic mass is 10.1. The molecule has 0 aliphatic carbocycles. The van der Waals surface area contributed by atoms with Gasteiger partial charge in [-0.3, -0.25) is 5.41 Å². The van der Waals surface area contributed by atoms with Crippen LogP contribution in [0, 0.1) is 5.41 Å². The highest BCUT2D eigenvalue weighted by Crippen LogP contribution is 2.20. The van der Waals surface area contributed by atoms with Gasteiger partial charge in [0, 0.05) is 17.7 Å². The molecule has 1 aromatic rings. The van der Waals surface area contributed by atoms with E-state index in [-0.39, 0.29) is 5.84 Å². The molecule has 0 aliphatic rings. The maximum atomic E-state index is 7.37. The molecule has 0 spiro atoms. The average molecular weight is 207 g/mol. The van der Waals surface area contributed by atoms with Crippen LogP contribution in [0.1, 0.15) is 11.1 Å². The van der Waals surface area contributed by atoms with Gasteiger partial charge in [0.2, 0.25) is 0 Å². The number of hydrogen-bond donors (Lipinski definition) is 2. The molecular formula is C11H17N3O. The molecule has 3 N–H and O–H groups in total. The van der Waals surface area contributed by atoms with Crippen molar-refractivity contribution in [3.05, 3.63) is 29.3 Å². The number of ether oxygens (including phenoxy) is 1. The number of rotatable bonds is 4. The number of nitrogens with two attached hydrogens (primary N) is 1. The van der Waals surface area contributed by atoms with Crippen LogP contribution in [-0.2, 0) is 6.54 Å². The van der Waals surface area contributed by atoms with Gasteiger partial charge in [0.05, 0.1) is 7.11 Å². The predicted molar refractivity (Wildman–Crippen MR) is 61.4 cm³/mol. The van der Waals surface area contributed by atoms with Gasteiger partial charge in [-0.05, 0) is 32.3 Å². The Hall–Kier alpha value is -1.55. The minimum Gasteiger partial charge on any atom is -0.496 e. The van der Waals surface area contributed by atoms with Crippen molar-refractivity contribution >= 4 is 5.84 Å². The zero-order valence-electron chi connectivity index (χ0n) is 9.37. The standard InChI is InChI=1S/C11H17N3O/c1-14(2)7-9-6-8(11(12)13)4-5-10(9)15-3/h4-6H,7H2,1-3H3,(H3,12,13). The van der Waals surface area contributed by atoms with E-state index in [9.17, 15) is 0 Å². The Morgan fingerprint density at radius 1 is 1.47 bits per heavy atom. The van der Waals surface area contributed by atoms with Crippen LogP contribution >= 0.6 is 0 Å². The molecule has 0 saturated heterocycles. The fraction of sp³-hybridized carbons (Fsp3) is 0.364. The molecular weight excluding hydrogens is 190 g/mol. The van der Waals surface area contributed by atoms with Crippen molar-refractivity contribution in [3.63, 3.8) is 0 Å². The van der Waals surface area contributed by atoms with Crippen LogP contribution in [0.15, 0.2) is 18.2 Å². The molecule has 82 valence electrons. The summed E-state index contributed by atoms with van der Waals surface area (Å²) < 4.78 is 5.24. The number of amidine groups is 1. The molecule has 0 bridgehead atoms. The Kier molecular flexibility index (Phi) is 3.68. The van der Waals surface area contributed by atoms with Gasteiger partial charge in [0.1, 0.15) is 11.6 Å². The molecule has 0 atom stereocenters. The van der Waals surface area contributed by atoms with Gasteiger partial charge in [0.25, 0.3) is 0 Å². The van der Waals surface area contributed by atoms with E-state index >= 15 is 0 Å². The third kappa shape index (κ3) is 2.95. The number of nitrogens with zero attached hydrogens (tertiary/aromatic N) is 1. The normalized spacial score (nSPS) is 10.4. The molecule has 4 heteroatoms. The molecule has 1 rings (SSSR count). The fourth-order valence-corrected chi connectivity index (χ4v) is 1.41. The van der Waals surface area contributed by atoms with Crippen molar-refractivity contribution in [2.75, 3.05) is 21.2 Å². The van der Waals surface area contributed by atoms with E-state index < -0.39 is 0 Å². The van der Waals surface area contributed by atoms with Gasteiger partial charge in [-0.15, -0.1) is 0 Å². The monoisotopic (exact) mass is 207 g/mol. The van der Waals surface area contributed by atoms with Gasteiger partial charge < -0.3 is 15.4 Å². The third-order valence-corrected chi connectivity index (χ3v) is 2.08. The summed E-state index contributed by atoms with van der Waals surface area (Å²) in [6, 6.07) is 5.52. The first-order valence-corrected chi connectivity index (χ1v) is 4.70. The second-order valence-electron chi connectivity index (χ2n) is 3.68.